The number of ether oxygens (including phenoxy) is 1. The summed E-state index contributed by atoms with van der Waals surface area (Å²) in [6.07, 6.45) is 3.54. The van der Waals surface area contributed by atoms with Gasteiger partial charge in [0.15, 0.2) is 0 Å². The zero-order chi connectivity index (χ0) is 23.6. The number of hydrogen-bond acceptors (Lipinski definition) is 5. The zero-order valence-electron chi connectivity index (χ0n) is 18.2. The highest BCUT2D eigenvalue weighted by Gasteiger charge is 2.26. The summed E-state index contributed by atoms with van der Waals surface area (Å²) in [6.45, 7) is 0.439. The number of nitrogens with one attached hydrogen (secondary N) is 2. The van der Waals surface area contributed by atoms with Crippen LogP contribution in [0.15, 0.2) is 66.7 Å². The molecule has 0 aliphatic carbocycles. The monoisotopic (exact) mass is 469 g/mol. The highest BCUT2D eigenvalue weighted by Crippen LogP contribution is 2.19. The maximum absolute atomic E-state index is 12.9. The molecule has 0 aromatic heterocycles. The average Bonchev–Trinajstić information content (AvgIpc) is 2.82. The Balaban J connectivity index is 1.66. The van der Waals surface area contributed by atoms with Gasteiger partial charge in [0.05, 0.1) is 12.5 Å². The lowest BCUT2D eigenvalue weighted by Crippen LogP contribution is -2.39. The molecule has 0 spiro atoms. The van der Waals surface area contributed by atoms with Crippen molar-refractivity contribution in [2.45, 2.75) is 38.0 Å². The maximum atomic E-state index is 12.9. The first-order valence-electron chi connectivity index (χ1n) is 10.9. The third kappa shape index (κ3) is 7.73. The second kappa shape index (κ2) is 12.2. The van der Waals surface area contributed by atoms with Gasteiger partial charge in [0.1, 0.15) is 12.1 Å². The van der Waals surface area contributed by atoms with Crippen molar-refractivity contribution in [1.82, 2.24) is 10.6 Å². The number of allylic oxidation sites excluding steroid dienone is 1. The van der Waals surface area contributed by atoms with E-state index in [-0.39, 0.29) is 31.2 Å². The van der Waals surface area contributed by atoms with Gasteiger partial charge in [-0.25, -0.2) is 0 Å². The van der Waals surface area contributed by atoms with Crippen molar-refractivity contribution in [2.75, 3.05) is 6.54 Å². The zero-order valence-corrected chi connectivity index (χ0v) is 19.0. The topological polar surface area (TPSA) is 111 Å². The smallest absolute Gasteiger partial charge is 0.323 e. The van der Waals surface area contributed by atoms with Crippen LogP contribution in [-0.2, 0) is 25.7 Å². The van der Waals surface area contributed by atoms with E-state index < -0.39 is 24.0 Å². The van der Waals surface area contributed by atoms with Crippen molar-refractivity contribution in [1.29, 1.82) is 0 Å². The van der Waals surface area contributed by atoms with Crippen molar-refractivity contribution >= 4 is 29.4 Å². The first-order valence-corrected chi connectivity index (χ1v) is 11.2. The molecule has 8 heteroatoms. The van der Waals surface area contributed by atoms with Crippen molar-refractivity contribution in [3.8, 4) is 0 Å². The van der Waals surface area contributed by atoms with Gasteiger partial charge in [-0.1, -0.05) is 66.2 Å². The van der Waals surface area contributed by atoms with Crippen molar-refractivity contribution in [2.24, 2.45) is 11.7 Å². The van der Waals surface area contributed by atoms with E-state index in [0.29, 0.717) is 18.0 Å². The first kappa shape index (κ1) is 24.5. The second-order valence-electron chi connectivity index (χ2n) is 7.93. The van der Waals surface area contributed by atoms with E-state index >= 15 is 0 Å². The SMILES string of the molecule is N[C@H]1C/C=C\C[C@@H](CC(=O)NCc2ccc(Cl)cc2)C(=O)NC[C@@H](c2ccccc2)OC1=O. The third-order valence-corrected chi connectivity index (χ3v) is 5.63. The minimum absolute atomic E-state index is 0.0333. The van der Waals surface area contributed by atoms with Gasteiger partial charge in [-0.2, -0.15) is 0 Å². The number of cyclic esters (lactones) is 1. The Morgan fingerprint density at radius 3 is 2.48 bits per heavy atom. The van der Waals surface area contributed by atoms with Crippen LogP contribution in [0, 0.1) is 5.92 Å². The Morgan fingerprint density at radius 2 is 1.76 bits per heavy atom. The predicted molar refractivity (Wildman–Crippen MR) is 126 cm³/mol. The Hall–Kier alpha value is -3.16. The molecule has 0 bridgehead atoms. The van der Waals surface area contributed by atoms with Crippen LogP contribution in [0.5, 0.6) is 0 Å². The molecule has 0 saturated carbocycles. The van der Waals surface area contributed by atoms with Gasteiger partial charge in [0.2, 0.25) is 11.8 Å². The summed E-state index contributed by atoms with van der Waals surface area (Å²) in [6, 6.07) is 15.5. The molecule has 33 heavy (non-hydrogen) atoms. The summed E-state index contributed by atoms with van der Waals surface area (Å²) in [7, 11) is 0. The van der Waals surface area contributed by atoms with Crippen LogP contribution in [0.25, 0.3) is 0 Å². The fourth-order valence-electron chi connectivity index (χ4n) is 3.44. The van der Waals surface area contributed by atoms with Gasteiger partial charge in [0.25, 0.3) is 0 Å². The van der Waals surface area contributed by atoms with Crippen LogP contribution in [0.1, 0.15) is 36.5 Å². The third-order valence-electron chi connectivity index (χ3n) is 5.38. The van der Waals surface area contributed by atoms with E-state index in [0.717, 1.165) is 11.1 Å². The molecular weight excluding hydrogens is 442 g/mol. The normalized spacial score (nSPS) is 22.8. The van der Waals surface area contributed by atoms with Crippen LogP contribution >= 0.6 is 11.6 Å². The molecule has 0 radical (unpaired) electrons. The van der Waals surface area contributed by atoms with Crippen molar-refractivity contribution in [3.63, 3.8) is 0 Å². The summed E-state index contributed by atoms with van der Waals surface area (Å²) < 4.78 is 5.58. The molecular formula is C25H28ClN3O4. The molecule has 1 aliphatic heterocycles. The molecule has 1 aliphatic rings. The lowest BCUT2D eigenvalue weighted by molar-refractivity contribution is -0.151. The Bertz CT molecular complexity index is 979. The van der Waals surface area contributed by atoms with Gasteiger partial charge in [-0.15, -0.1) is 0 Å². The van der Waals surface area contributed by atoms with E-state index in [1.807, 2.05) is 42.5 Å². The Labute approximate surface area is 198 Å². The standard InChI is InChI=1S/C25H28ClN3O4/c26-20-12-10-17(11-13-20)15-28-23(30)14-19-8-4-5-9-21(27)25(32)33-22(16-29-24(19)31)18-6-2-1-3-7-18/h1-7,10-13,19,21-22H,8-9,14-16,27H2,(H,28,30)(H,29,31)/b5-4-/t19-,21-,22-/m0/s1. The van der Waals surface area contributed by atoms with Crippen LogP contribution in [0.2, 0.25) is 5.02 Å². The van der Waals surface area contributed by atoms with Gasteiger partial charge < -0.3 is 21.1 Å². The Kier molecular flexibility index (Phi) is 9.04. The highest BCUT2D eigenvalue weighted by molar-refractivity contribution is 6.30. The predicted octanol–water partition coefficient (Wildman–Crippen LogP) is 3.04. The molecule has 7 nitrogen and oxygen atoms in total. The number of carbonyl (C=O) groups is 3. The van der Waals surface area contributed by atoms with Crippen LogP contribution < -0.4 is 16.4 Å². The minimum atomic E-state index is -0.802. The Morgan fingerprint density at radius 1 is 1.06 bits per heavy atom. The lowest BCUT2D eigenvalue weighted by Gasteiger charge is -2.23. The molecule has 2 amide bonds. The number of carbonyl (C=O) groups excluding carboxylic acids is 3. The molecule has 0 fully saturated rings. The fraction of sp³-hybridized carbons (Fsp3) is 0.320. The average molecular weight is 470 g/mol. The number of esters is 1. The fourth-order valence-corrected chi connectivity index (χ4v) is 3.57. The summed E-state index contributed by atoms with van der Waals surface area (Å²) in [5.74, 6) is -1.59. The highest BCUT2D eigenvalue weighted by atomic mass is 35.5. The number of benzene rings is 2. The van der Waals surface area contributed by atoms with Gasteiger partial charge in [-0.05, 0) is 36.1 Å². The maximum Gasteiger partial charge on any atom is 0.323 e. The van der Waals surface area contributed by atoms with E-state index in [4.69, 9.17) is 22.1 Å². The molecule has 2 aromatic rings. The molecule has 174 valence electrons. The van der Waals surface area contributed by atoms with E-state index in [1.165, 1.54) is 0 Å². The summed E-state index contributed by atoms with van der Waals surface area (Å²) in [5, 5.41) is 6.30. The number of rotatable bonds is 5. The molecule has 0 saturated heterocycles. The second-order valence-corrected chi connectivity index (χ2v) is 8.37. The van der Waals surface area contributed by atoms with Crippen molar-refractivity contribution in [3.05, 3.63) is 82.9 Å². The lowest BCUT2D eigenvalue weighted by atomic mass is 9.98. The van der Waals surface area contributed by atoms with Gasteiger partial charge in [0, 0.05) is 18.0 Å². The summed E-state index contributed by atoms with van der Waals surface area (Å²) >= 11 is 5.89. The number of halogens is 1. The largest absolute Gasteiger partial charge is 0.454 e. The molecule has 1 heterocycles. The molecule has 3 atom stereocenters. The molecule has 4 N–H and O–H groups in total. The molecule has 2 aromatic carbocycles. The van der Waals surface area contributed by atoms with Crippen LogP contribution in [-0.4, -0.2) is 30.4 Å². The number of nitrogens with two attached hydrogens (primary N) is 1. The van der Waals surface area contributed by atoms with Crippen molar-refractivity contribution < 1.29 is 19.1 Å². The number of amides is 2. The molecule has 3 rings (SSSR count). The summed E-state index contributed by atoms with van der Waals surface area (Å²) in [4.78, 5) is 37.8. The quantitative estimate of drug-likeness (QED) is 0.460. The summed E-state index contributed by atoms with van der Waals surface area (Å²) in [5.41, 5.74) is 7.63. The van der Waals surface area contributed by atoms with Gasteiger partial charge >= 0.3 is 5.97 Å². The minimum Gasteiger partial charge on any atom is -0.454 e. The van der Waals surface area contributed by atoms with Crippen LogP contribution in [0.3, 0.4) is 0 Å². The van der Waals surface area contributed by atoms with Crippen LogP contribution in [0.4, 0.5) is 0 Å². The van der Waals surface area contributed by atoms with E-state index in [9.17, 15) is 14.4 Å². The first-order chi connectivity index (χ1) is 15.9. The van der Waals surface area contributed by atoms with Gasteiger partial charge in [-0.3, -0.25) is 14.4 Å². The number of hydrogen-bond donors (Lipinski definition) is 3. The molecule has 0 unspecified atom stereocenters. The van der Waals surface area contributed by atoms with E-state index in [1.54, 1.807) is 24.3 Å². The van der Waals surface area contributed by atoms with E-state index in [2.05, 4.69) is 10.6 Å².